The summed E-state index contributed by atoms with van der Waals surface area (Å²) in [6, 6.07) is 21.6. The lowest BCUT2D eigenvalue weighted by Crippen LogP contribution is -2.33. The molecule has 0 bridgehead atoms. The Hall–Kier alpha value is -3.26. The van der Waals surface area contributed by atoms with Gasteiger partial charge in [0.1, 0.15) is 0 Å². The number of hydrogen-bond donors (Lipinski definition) is 1. The third kappa shape index (κ3) is 6.13. The monoisotopic (exact) mass is 458 g/mol. The molecule has 3 aromatic rings. The zero-order valence-electron chi connectivity index (χ0n) is 17.5. The molecular formula is C24H24F2N2O3S. The highest BCUT2D eigenvalue weighted by Crippen LogP contribution is 2.23. The van der Waals surface area contributed by atoms with E-state index < -0.39 is 21.7 Å². The molecule has 0 aromatic heterocycles. The Morgan fingerprint density at radius 1 is 0.906 bits per heavy atom. The van der Waals surface area contributed by atoms with Crippen LogP contribution >= 0.6 is 0 Å². The number of nitrogens with one attached hydrogen (secondary N) is 1. The molecule has 0 aliphatic rings. The zero-order valence-corrected chi connectivity index (χ0v) is 18.4. The van der Waals surface area contributed by atoms with Crippen LogP contribution in [-0.4, -0.2) is 27.1 Å². The number of carbonyl (C=O) groups excluding carboxylic acids is 1. The maximum Gasteiger partial charge on any atom is 0.232 e. The number of carbonyl (C=O) groups is 1. The average molecular weight is 459 g/mol. The fourth-order valence-corrected chi connectivity index (χ4v) is 4.35. The van der Waals surface area contributed by atoms with Crippen molar-refractivity contribution in [1.29, 1.82) is 0 Å². The molecule has 0 unspecified atom stereocenters. The van der Waals surface area contributed by atoms with Crippen molar-refractivity contribution in [3.05, 3.63) is 102 Å². The molecule has 0 saturated heterocycles. The molecule has 168 valence electrons. The number of benzene rings is 3. The molecule has 0 heterocycles. The minimum absolute atomic E-state index is 0.0123. The molecule has 0 aliphatic carbocycles. The smallest absolute Gasteiger partial charge is 0.232 e. The van der Waals surface area contributed by atoms with Gasteiger partial charge < -0.3 is 5.32 Å². The second-order valence-electron chi connectivity index (χ2n) is 7.36. The van der Waals surface area contributed by atoms with Gasteiger partial charge in [-0.1, -0.05) is 60.7 Å². The first-order valence-corrected chi connectivity index (χ1v) is 11.9. The largest absolute Gasteiger partial charge is 0.345 e. The van der Waals surface area contributed by atoms with Gasteiger partial charge in [0, 0.05) is 19.0 Å². The Balaban J connectivity index is 1.68. The van der Waals surface area contributed by atoms with Crippen molar-refractivity contribution < 1.29 is 22.0 Å². The van der Waals surface area contributed by atoms with Crippen molar-refractivity contribution in [1.82, 2.24) is 5.32 Å². The minimum Gasteiger partial charge on any atom is -0.345 e. The van der Waals surface area contributed by atoms with Gasteiger partial charge in [-0.2, -0.15) is 0 Å². The van der Waals surface area contributed by atoms with Crippen molar-refractivity contribution in [2.75, 3.05) is 17.1 Å². The summed E-state index contributed by atoms with van der Waals surface area (Å²) in [6.07, 6.45) is 1.25. The van der Waals surface area contributed by atoms with Crippen LogP contribution in [0.5, 0.6) is 0 Å². The highest BCUT2D eigenvalue weighted by Gasteiger charge is 2.20. The van der Waals surface area contributed by atoms with Crippen LogP contribution in [0, 0.1) is 11.6 Å². The molecule has 5 nitrogen and oxygen atoms in total. The van der Waals surface area contributed by atoms with E-state index in [0.717, 1.165) is 33.8 Å². The highest BCUT2D eigenvalue weighted by molar-refractivity contribution is 7.92. The second-order valence-corrected chi connectivity index (χ2v) is 9.27. The first-order valence-electron chi connectivity index (χ1n) is 10.1. The van der Waals surface area contributed by atoms with E-state index in [1.165, 1.54) is 6.07 Å². The molecule has 0 fully saturated rings. The molecule has 1 N–H and O–H groups in total. The van der Waals surface area contributed by atoms with Gasteiger partial charge in [-0.3, -0.25) is 9.10 Å². The SMILES string of the molecule is CS(=O)(=O)N(CCCC(=O)NC(c1ccccc1)c1ccccc1)c1ccc(F)c(F)c1. The molecule has 8 heteroatoms. The maximum atomic E-state index is 13.6. The first kappa shape index (κ1) is 23.4. The Morgan fingerprint density at radius 2 is 1.47 bits per heavy atom. The summed E-state index contributed by atoms with van der Waals surface area (Å²) < 4.78 is 52.1. The maximum absolute atomic E-state index is 13.6. The van der Waals surface area contributed by atoms with E-state index in [0.29, 0.717) is 0 Å². The number of nitrogens with zero attached hydrogens (tertiary/aromatic N) is 1. The summed E-state index contributed by atoms with van der Waals surface area (Å²) in [7, 11) is -3.74. The molecule has 0 saturated carbocycles. The molecule has 3 aromatic carbocycles. The zero-order chi connectivity index (χ0) is 23.1. The summed E-state index contributed by atoms with van der Waals surface area (Å²) in [5, 5.41) is 3.00. The third-order valence-electron chi connectivity index (χ3n) is 4.93. The predicted molar refractivity (Wildman–Crippen MR) is 121 cm³/mol. The van der Waals surface area contributed by atoms with E-state index in [-0.39, 0.29) is 37.0 Å². The Morgan fingerprint density at radius 3 is 1.97 bits per heavy atom. The summed E-state index contributed by atoms with van der Waals surface area (Å²) in [4.78, 5) is 12.7. The normalized spacial score (nSPS) is 11.4. The van der Waals surface area contributed by atoms with Crippen molar-refractivity contribution in [3.63, 3.8) is 0 Å². The summed E-state index contributed by atoms with van der Waals surface area (Å²) >= 11 is 0. The van der Waals surface area contributed by atoms with Crippen LogP contribution < -0.4 is 9.62 Å². The van der Waals surface area contributed by atoms with Crippen LogP contribution in [0.3, 0.4) is 0 Å². The Bertz CT molecular complexity index is 1120. The second kappa shape index (κ2) is 10.4. The van der Waals surface area contributed by atoms with Crippen LogP contribution in [0.25, 0.3) is 0 Å². The van der Waals surface area contributed by atoms with Gasteiger partial charge in [0.15, 0.2) is 11.6 Å². The van der Waals surface area contributed by atoms with E-state index in [2.05, 4.69) is 5.32 Å². The summed E-state index contributed by atoms with van der Waals surface area (Å²) in [6.45, 7) is -0.0430. The lowest BCUT2D eigenvalue weighted by atomic mass is 9.98. The minimum atomic E-state index is -3.74. The van der Waals surface area contributed by atoms with Crippen molar-refractivity contribution in [2.45, 2.75) is 18.9 Å². The highest BCUT2D eigenvalue weighted by atomic mass is 32.2. The van der Waals surface area contributed by atoms with E-state index in [4.69, 9.17) is 0 Å². The van der Waals surface area contributed by atoms with Crippen molar-refractivity contribution >= 4 is 21.6 Å². The number of anilines is 1. The molecule has 1 amide bonds. The van der Waals surface area contributed by atoms with Gasteiger partial charge in [0.25, 0.3) is 0 Å². The van der Waals surface area contributed by atoms with E-state index >= 15 is 0 Å². The molecule has 0 aliphatic heterocycles. The fourth-order valence-electron chi connectivity index (χ4n) is 3.39. The van der Waals surface area contributed by atoms with Crippen molar-refractivity contribution in [3.8, 4) is 0 Å². The standard InChI is InChI=1S/C24H24F2N2O3S/c1-32(30,31)28(20-14-15-21(25)22(26)17-20)16-8-13-23(29)27-24(18-9-4-2-5-10-18)19-11-6-3-7-12-19/h2-7,9-12,14-15,17,24H,8,13,16H2,1H3,(H,27,29). The lowest BCUT2D eigenvalue weighted by molar-refractivity contribution is -0.121. The lowest BCUT2D eigenvalue weighted by Gasteiger charge is -2.23. The number of hydrogen-bond acceptors (Lipinski definition) is 3. The van der Waals surface area contributed by atoms with Crippen LogP contribution in [0.1, 0.15) is 30.0 Å². The van der Waals surface area contributed by atoms with Crippen LogP contribution in [0.2, 0.25) is 0 Å². The summed E-state index contributed by atoms with van der Waals surface area (Å²) in [5.74, 6) is -2.45. The molecule has 32 heavy (non-hydrogen) atoms. The van der Waals surface area contributed by atoms with Gasteiger partial charge in [0.05, 0.1) is 18.0 Å². The van der Waals surface area contributed by atoms with Crippen LogP contribution in [-0.2, 0) is 14.8 Å². The first-order chi connectivity index (χ1) is 15.3. The Kier molecular flexibility index (Phi) is 7.58. The number of sulfonamides is 1. The molecular weight excluding hydrogens is 434 g/mol. The van der Waals surface area contributed by atoms with Crippen molar-refractivity contribution in [2.24, 2.45) is 0 Å². The van der Waals surface area contributed by atoms with Crippen LogP contribution in [0.4, 0.5) is 14.5 Å². The third-order valence-corrected chi connectivity index (χ3v) is 6.12. The molecule has 0 spiro atoms. The summed E-state index contributed by atoms with van der Waals surface area (Å²) in [5.41, 5.74) is 1.86. The van der Waals surface area contributed by atoms with E-state index in [9.17, 15) is 22.0 Å². The van der Waals surface area contributed by atoms with Gasteiger partial charge in [0.2, 0.25) is 15.9 Å². The van der Waals surface area contributed by atoms with E-state index in [1.807, 2.05) is 60.7 Å². The average Bonchev–Trinajstić information content (AvgIpc) is 2.77. The van der Waals surface area contributed by atoms with Gasteiger partial charge in [-0.05, 0) is 29.7 Å². The fraction of sp³-hybridized carbons (Fsp3) is 0.208. The predicted octanol–water partition coefficient (Wildman–Crippen LogP) is 4.42. The molecule has 3 rings (SSSR count). The van der Waals surface area contributed by atoms with Crippen LogP contribution in [0.15, 0.2) is 78.9 Å². The quantitative estimate of drug-likeness (QED) is 0.516. The van der Waals surface area contributed by atoms with Gasteiger partial charge >= 0.3 is 0 Å². The topological polar surface area (TPSA) is 66.5 Å². The Labute approximate surface area is 186 Å². The van der Waals surface area contributed by atoms with Gasteiger partial charge in [-0.15, -0.1) is 0 Å². The van der Waals surface area contributed by atoms with E-state index in [1.54, 1.807) is 0 Å². The number of rotatable bonds is 9. The number of amides is 1. The van der Waals surface area contributed by atoms with Gasteiger partial charge in [-0.25, -0.2) is 17.2 Å². The molecule has 0 atom stereocenters. The molecule has 0 radical (unpaired) electrons. The number of halogens is 2.